The standard InChI is InChI=1S/C51H34.C35H26/c1-51(2)49-10-6-5-9-45(49)48-29-40-16-13-32-12-15-37(28-46(32)47(40)30-50(48)51)36-18-22-42-39(27-36)20-24-43-41-21-17-35(26-38(41)19-23-44(42)43)34-14-11-31-7-3-4-8-33(31)25-34;1-35(2)33-10-6-5-9-30(33)31-20-19-28(22-34(31)35)24-13-11-23(12-14-24)27-18-17-26-16-15-25-7-3-4-8-29(25)32(26)21-27/h3-30H,1-2H3;3-22H,1-2H3. The van der Waals surface area contributed by atoms with E-state index in [0.29, 0.717) is 0 Å². The van der Waals surface area contributed by atoms with Gasteiger partial charge in [0, 0.05) is 10.8 Å². The highest BCUT2D eigenvalue weighted by Gasteiger charge is 2.36. The van der Waals surface area contributed by atoms with Crippen LogP contribution in [0.4, 0.5) is 0 Å². The van der Waals surface area contributed by atoms with Crippen LogP contribution in [-0.2, 0) is 10.8 Å². The van der Waals surface area contributed by atoms with E-state index in [0.717, 1.165) is 0 Å². The van der Waals surface area contributed by atoms with Gasteiger partial charge in [-0.15, -0.1) is 0 Å². The van der Waals surface area contributed by atoms with Crippen LogP contribution in [0.2, 0.25) is 0 Å². The van der Waals surface area contributed by atoms with Crippen molar-refractivity contribution in [2.45, 2.75) is 38.5 Å². The highest BCUT2D eigenvalue weighted by molar-refractivity contribution is 6.18. The average Bonchev–Trinajstić information content (AvgIpc) is 1.67. The average molecular weight is 1090 g/mol. The van der Waals surface area contributed by atoms with E-state index in [1.54, 1.807) is 0 Å². The first kappa shape index (κ1) is 50.1. The lowest BCUT2D eigenvalue weighted by Gasteiger charge is -2.22. The molecule has 0 heterocycles. The van der Waals surface area contributed by atoms with Gasteiger partial charge in [0.25, 0.3) is 0 Å². The Morgan fingerprint density at radius 1 is 0.163 bits per heavy atom. The maximum atomic E-state index is 2.47. The highest BCUT2D eigenvalue weighted by Crippen LogP contribution is 2.52. The van der Waals surface area contributed by atoms with Gasteiger partial charge in [-0.2, -0.15) is 0 Å². The fourth-order valence-electron chi connectivity index (χ4n) is 15.0. The van der Waals surface area contributed by atoms with Crippen LogP contribution >= 0.6 is 0 Å². The zero-order valence-electron chi connectivity index (χ0n) is 48.7. The zero-order valence-corrected chi connectivity index (χ0v) is 48.7. The molecule has 0 aliphatic heterocycles. The molecule has 0 heteroatoms. The van der Waals surface area contributed by atoms with Crippen molar-refractivity contribution in [2.24, 2.45) is 0 Å². The van der Waals surface area contributed by atoms with Gasteiger partial charge in [-0.1, -0.05) is 270 Å². The molecule has 2 aliphatic rings. The highest BCUT2D eigenvalue weighted by atomic mass is 14.4. The van der Waals surface area contributed by atoms with E-state index in [2.05, 4.69) is 319 Å². The Balaban J connectivity index is 0.000000144. The molecule has 0 nitrogen and oxygen atoms in total. The largest absolute Gasteiger partial charge is 0.0619 e. The van der Waals surface area contributed by atoms with E-state index in [9.17, 15) is 0 Å². The molecule has 404 valence electrons. The van der Waals surface area contributed by atoms with Crippen molar-refractivity contribution in [1.29, 1.82) is 0 Å². The third-order valence-corrected chi connectivity index (χ3v) is 19.7. The molecule has 0 spiro atoms. The quantitative estimate of drug-likeness (QED) is 0.154. The zero-order chi connectivity index (χ0) is 57.4. The van der Waals surface area contributed by atoms with Gasteiger partial charge in [0.1, 0.15) is 0 Å². The van der Waals surface area contributed by atoms with E-state index in [-0.39, 0.29) is 10.8 Å². The van der Waals surface area contributed by atoms with Gasteiger partial charge in [-0.25, -0.2) is 0 Å². The number of fused-ring (bicyclic) bond motifs is 18. The van der Waals surface area contributed by atoms with E-state index in [1.165, 1.54) is 175 Å². The van der Waals surface area contributed by atoms with E-state index < -0.39 is 0 Å². The Morgan fingerprint density at radius 3 is 1.10 bits per heavy atom. The summed E-state index contributed by atoms with van der Waals surface area (Å²) in [4.78, 5) is 0. The first-order valence-corrected chi connectivity index (χ1v) is 30.4. The summed E-state index contributed by atoms with van der Waals surface area (Å²) in [6, 6.07) is 109. The summed E-state index contributed by atoms with van der Waals surface area (Å²) in [5.41, 5.74) is 21.2. The molecular formula is C86H60. The van der Waals surface area contributed by atoms with Gasteiger partial charge < -0.3 is 0 Å². The Hall–Kier alpha value is -10.4. The van der Waals surface area contributed by atoms with Crippen LogP contribution in [0.1, 0.15) is 49.9 Å². The van der Waals surface area contributed by atoms with Gasteiger partial charge >= 0.3 is 0 Å². The van der Waals surface area contributed by atoms with Gasteiger partial charge in [0.2, 0.25) is 0 Å². The second-order valence-corrected chi connectivity index (χ2v) is 25.2. The van der Waals surface area contributed by atoms with Crippen molar-refractivity contribution in [2.75, 3.05) is 0 Å². The smallest absolute Gasteiger partial charge is 0.0159 e. The fraction of sp³-hybridized carbons (Fsp3) is 0.0698. The molecular weight excluding hydrogens is 1030 g/mol. The fourth-order valence-corrected chi connectivity index (χ4v) is 15.0. The summed E-state index contributed by atoms with van der Waals surface area (Å²) in [5, 5.41) is 20.7. The van der Waals surface area contributed by atoms with Crippen molar-refractivity contribution >= 4 is 86.2 Å². The predicted molar refractivity (Wildman–Crippen MR) is 370 cm³/mol. The van der Waals surface area contributed by atoms with E-state index in [1.807, 2.05) is 0 Å². The van der Waals surface area contributed by atoms with Crippen molar-refractivity contribution in [3.05, 3.63) is 313 Å². The SMILES string of the molecule is CC1(C)c2ccccc2-c2cc3ccc4ccc(-c5ccc6c(ccc7c8ccc(-c9ccc%10ccccc%10c9)cc8ccc67)c5)cc4c3cc21.CC1(C)c2ccccc2-c2ccc(-c3ccc(-c4ccc5ccc6ccccc6c5c4)cc3)cc21. The van der Waals surface area contributed by atoms with Gasteiger partial charge in [-0.05, 0) is 224 Å². The first-order chi connectivity index (χ1) is 42.1. The van der Waals surface area contributed by atoms with Crippen molar-refractivity contribution in [1.82, 2.24) is 0 Å². The monoisotopic (exact) mass is 1090 g/mol. The first-order valence-electron chi connectivity index (χ1n) is 30.4. The summed E-state index contributed by atoms with van der Waals surface area (Å²) in [6.45, 7) is 9.41. The Kier molecular flexibility index (Phi) is 11.1. The lowest BCUT2D eigenvalue weighted by atomic mass is 9.81. The van der Waals surface area contributed by atoms with Crippen molar-refractivity contribution in [3.8, 4) is 66.8 Å². The summed E-state index contributed by atoms with van der Waals surface area (Å²) < 4.78 is 0. The molecule has 16 aromatic carbocycles. The number of hydrogen-bond acceptors (Lipinski definition) is 0. The minimum atomic E-state index is -0.0220. The lowest BCUT2D eigenvalue weighted by Crippen LogP contribution is -2.14. The van der Waals surface area contributed by atoms with Crippen molar-refractivity contribution < 1.29 is 0 Å². The normalized spacial score (nSPS) is 13.5. The minimum Gasteiger partial charge on any atom is -0.0619 e. The molecule has 18 rings (SSSR count). The Bertz CT molecular complexity index is 5520. The molecule has 0 bridgehead atoms. The third kappa shape index (κ3) is 7.90. The Labute approximate surface area is 501 Å². The second-order valence-electron chi connectivity index (χ2n) is 25.2. The molecule has 86 heavy (non-hydrogen) atoms. The van der Waals surface area contributed by atoms with E-state index in [4.69, 9.17) is 0 Å². The molecule has 0 saturated heterocycles. The van der Waals surface area contributed by atoms with Crippen LogP contribution in [-0.4, -0.2) is 0 Å². The van der Waals surface area contributed by atoms with Gasteiger partial charge in [-0.3, -0.25) is 0 Å². The lowest BCUT2D eigenvalue weighted by molar-refractivity contribution is 0.660. The summed E-state index contributed by atoms with van der Waals surface area (Å²) in [6.07, 6.45) is 0. The summed E-state index contributed by atoms with van der Waals surface area (Å²) in [5.74, 6) is 0. The van der Waals surface area contributed by atoms with Crippen LogP contribution in [0.3, 0.4) is 0 Å². The molecule has 0 amide bonds. The number of benzene rings is 16. The van der Waals surface area contributed by atoms with Crippen LogP contribution in [0.25, 0.3) is 153 Å². The van der Waals surface area contributed by atoms with Crippen LogP contribution in [0.15, 0.2) is 291 Å². The van der Waals surface area contributed by atoms with Gasteiger partial charge in [0.15, 0.2) is 0 Å². The summed E-state index contributed by atoms with van der Waals surface area (Å²) in [7, 11) is 0. The molecule has 0 atom stereocenters. The maximum Gasteiger partial charge on any atom is 0.0159 e. The van der Waals surface area contributed by atoms with Crippen LogP contribution in [0, 0.1) is 0 Å². The van der Waals surface area contributed by atoms with Crippen LogP contribution in [0.5, 0.6) is 0 Å². The minimum absolute atomic E-state index is 0.0220. The number of hydrogen-bond donors (Lipinski definition) is 0. The van der Waals surface area contributed by atoms with Gasteiger partial charge in [0.05, 0.1) is 0 Å². The van der Waals surface area contributed by atoms with Crippen molar-refractivity contribution in [3.63, 3.8) is 0 Å². The molecule has 2 aliphatic carbocycles. The Morgan fingerprint density at radius 2 is 0.488 bits per heavy atom. The molecule has 0 saturated carbocycles. The van der Waals surface area contributed by atoms with E-state index >= 15 is 0 Å². The second kappa shape index (κ2) is 19.1. The molecule has 16 aromatic rings. The molecule has 0 aromatic heterocycles. The maximum absolute atomic E-state index is 2.47. The third-order valence-electron chi connectivity index (χ3n) is 19.7. The predicted octanol–water partition coefficient (Wildman–Crippen LogP) is 23.9. The topological polar surface area (TPSA) is 0 Å². The van der Waals surface area contributed by atoms with Crippen LogP contribution < -0.4 is 0 Å². The number of rotatable bonds is 4. The molecule has 0 fully saturated rings. The summed E-state index contributed by atoms with van der Waals surface area (Å²) >= 11 is 0. The molecule has 0 radical (unpaired) electrons. The molecule has 0 unspecified atom stereocenters. The molecule has 0 N–H and O–H groups in total.